The predicted octanol–water partition coefficient (Wildman–Crippen LogP) is 1.72. The van der Waals surface area contributed by atoms with Gasteiger partial charge in [0, 0.05) is 12.1 Å². The van der Waals surface area contributed by atoms with Gasteiger partial charge < -0.3 is 15.5 Å². The zero-order chi connectivity index (χ0) is 12.3. The molecule has 3 N–H and O–H groups in total. The molecule has 0 heterocycles. The molecule has 0 bridgehead atoms. The molecule has 0 radical (unpaired) electrons. The standard InChI is InChI=1S/C13H13NO3/c15-12-6-5-9-3-1-2-4-10(9)11(12)7-14-8-13(16)17/h1-6,14-15H,7-8H2,(H,16,17). The maximum Gasteiger partial charge on any atom is 0.317 e. The van der Waals surface area contributed by atoms with Crippen LogP contribution in [-0.2, 0) is 11.3 Å². The van der Waals surface area contributed by atoms with Gasteiger partial charge in [-0.1, -0.05) is 30.3 Å². The molecule has 2 aromatic rings. The third kappa shape index (κ3) is 2.54. The smallest absolute Gasteiger partial charge is 0.317 e. The second kappa shape index (κ2) is 4.84. The molecule has 0 aromatic heterocycles. The molecule has 0 atom stereocenters. The molecular formula is C13H13NO3. The molecule has 0 aliphatic carbocycles. The topological polar surface area (TPSA) is 69.6 Å². The Hall–Kier alpha value is -2.07. The number of phenols is 1. The zero-order valence-corrected chi connectivity index (χ0v) is 9.18. The van der Waals surface area contributed by atoms with Crippen molar-refractivity contribution in [3.05, 3.63) is 42.0 Å². The summed E-state index contributed by atoms with van der Waals surface area (Å²) in [6, 6.07) is 11.1. The molecule has 0 saturated carbocycles. The summed E-state index contributed by atoms with van der Waals surface area (Å²) in [6.45, 7) is 0.210. The van der Waals surface area contributed by atoms with E-state index in [0.717, 1.165) is 16.3 Å². The van der Waals surface area contributed by atoms with E-state index in [4.69, 9.17) is 5.11 Å². The van der Waals surface area contributed by atoms with Crippen LogP contribution in [0.2, 0.25) is 0 Å². The van der Waals surface area contributed by atoms with Gasteiger partial charge in [-0.3, -0.25) is 4.79 Å². The fourth-order valence-electron chi connectivity index (χ4n) is 1.80. The lowest BCUT2D eigenvalue weighted by Crippen LogP contribution is -2.22. The van der Waals surface area contributed by atoms with Gasteiger partial charge in [-0.25, -0.2) is 0 Å². The van der Waals surface area contributed by atoms with Gasteiger partial charge in [0.2, 0.25) is 0 Å². The molecule has 17 heavy (non-hydrogen) atoms. The Bertz CT molecular complexity index is 551. The number of aromatic hydroxyl groups is 1. The Morgan fingerprint density at radius 3 is 2.71 bits per heavy atom. The summed E-state index contributed by atoms with van der Waals surface area (Å²) in [7, 11) is 0. The van der Waals surface area contributed by atoms with Crippen LogP contribution >= 0.6 is 0 Å². The van der Waals surface area contributed by atoms with E-state index in [1.165, 1.54) is 0 Å². The summed E-state index contributed by atoms with van der Waals surface area (Å²) in [5.41, 5.74) is 0.726. The van der Waals surface area contributed by atoms with Gasteiger partial charge in [0.1, 0.15) is 5.75 Å². The van der Waals surface area contributed by atoms with E-state index in [0.29, 0.717) is 6.54 Å². The van der Waals surface area contributed by atoms with E-state index in [-0.39, 0.29) is 12.3 Å². The van der Waals surface area contributed by atoms with Gasteiger partial charge in [-0.2, -0.15) is 0 Å². The lowest BCUT2D eigenvalue weighted by molar-refractivity contribution is -0.136. The number of carboxylic acid groups (broad SMARTS) is 1. The van der Waals surface area contributed by atoms with Gasteiger partial charge >= 0.3 is 5.97 Å². The third-order valence-corrected chi connectivity index (χ3v) is 2.59. The van der Waals surface area contributed by atoms with Gasteiger partial charge in [-0.15, -0.1) is 0 Å². The average molecular weight is 231 g/mol. The van der Waals surface area contributed by atoms with Crippen LogP contribution in [-0.4, -0.2) is 22.7 Å². The fourth-order valence-corrected chi connectivity index (χ4v) is 1.80. The molecule has 2 aromatic carbocycles. The Balaban J connectivity index is 2.31. The Labute approximate surface area is 98.5 Å². The summed E-state index contributed by atoms with van der Waals surface area (Å²) >= 11 is 0. The number of fused-ring (bicyclic) bond motifs is 1. The van der Waals surface area contributed by atoms with Crippen LogP contribution in [0.3, 0.4) is 0 Å². The normalized spacial score (nSPS) is 10.6. The highest BCUT2D eigenvalue weighted by atomic mass is 16.4. The summed E-state index contributed by atoms with van der Waals surface area (Å²) in [4.78, 5) is 10.4. The quantitative estimate of drug-likeness (QED) is 0.749. The van der Waals surface area contributed by atoms with E-state index in [9.17, 15) is 9.90 Å². The minimum Gasteiger partial charge on any atom is -0.508 e. The monoisotopic (exact) mass is 231 g/mol. The van der Waals surface area contributed by atoms with Crippen molar-refractivity contribution in [3.8, 4) is 5.75 Å². The highest BCUT2D eigenvalue weighted by Gasteiger charge is 2.06. The van der Waals surface area contributed by atoms with Crippen molar-refractivity contribution in [2.45, 2.75) is 6.54 Å². The fraction of sp³-hybridized carbons (Fsp3) is 0.154. The zero-order valence-electron chi connectivity index (χ0n) is 9.18. The SMILES string of the molecule is O=C(O)CNCc1c(O)ccc2ccccc12. The largest absolute Gasteiger partial charge is 0.508 e. The molecule has 0 saturated heterocycles. The van der Waals surface area contributed by atoms with Gasteiger partial charge in [-0.05, 0) is 16.8 Å². The Morgan fingerprint density at radius 1 is 1.18 bits per heavy atom. The van der Waals surface area contributed by atoms with Crippen LogP contribution in [0.5, 0.6) is 5.75 Å². The lowest BCUT2D eigenvalue weighted by Gasteiger charge is -2.09. The van der Waals surface area contributed by atoms with Crippen LogP contribution in [0.25, 0.3) is 10.8 Å². The Morgan fingerprint density at radius 2 is 1.94 bits per heavy atom. The first-order valence-electron chi connectivity index (χ1n) is 5.30. The van der Waals surface area contributed by atoms with Crippen molar-refractivity contribution in [2.75, 3.05) is 6.54 Å². The van der Waals surface area contributed by atoms with Crippen molar-refractivity contribution >= 4 is 16.7 Å². The molecule has 0 aliphatic heterocycles. The number of carboxylic acids is 1. The van der Waals surface area contributed by atoms with E-state index < -0.39 is 5.97 Å². The van der Waals surface area contributed by atoms with Crippen LogP contribution in [0.4, 0.5) is 0 Å². The second-order valence-electron chi connectivity index (χ2n) is 3.78. The number of aliphatic carboxylic acids is 1. The van der Waals surface area contributed by atoms with Crippen molar-refractivity contribution < 1.29 is 15.0 Å². The molecule has 0 unspecified atom stereocenters. The molecule has 0 fully saturated rings. The number of carbonyl (C=O) groups is 1. The number of hydrogen-bond acceptors (Lipinski definition) is 3. The van der Waals surface area contributed by atoms with Crippen LogP contribution in [0.1, 0.15) is 5.56 Å². The summed E-state index contributed by atoms with van der Waals surface area (Å²) in [6.07, 6.45) is 0. The van der Waals surface area contributed by atoms with E-state index >= 15 is 0 Å². The van der Waals surface area contributed by atoms with E-state index in [1.54, 1.807) is 6.07 Å². The minimum atomic E-state index is -0.912. The number of hydrogen-bond donors (Lipinski definition) is 3. The number of nitrogens with one attached hydrogen (secondary N) is 1. The third-order valence-electron chi connectivity index (χ3n) is 2.59. The van der Waals surface area contributed by atoms with E-state index in [1.807, 2.05) is 30.3 Å². The van der Waals surface area contributed by atoms with Gasteiger partial charge in [0.05, 0.1) is 6.54 Å². The first kappa shape index (κ1) is 11.4. The first-order valence-corrected chi connectivity index (χ1v) is 5.30. The molecule has 2 rings (SSSR count). The number of rotatable bonds is 4. The lowest BCUT2D eigenvalue weighted by atomic mass is 10.0. The maximum absolute atomic E-state index is 10.4. The highest BCUT2D eigenvalue weighted by molar-refractivity contribution is 5.87. The van der Waals surface area contributed by atoms with Crippen LogP contribution < -0.4 is 5.32 Å². The number of phenolic OH excluding ortho intramolecular Hbond substituents is 1. The van der Waals surface area contributed by atoms with Crippen molar-refractivity contribution in [3.63, 3.8) is 0 Å². The first-order chi connectivity index (χ1) is 8.18. The maximum atomic E-state index is 10.4. The van der Waals surface area contributed by atoms with Gasteiger partial charge in [0.25, 0.3) is 0 Å². The summed E-state index contributed by atoms with van der Waals surface area (Å²) < 4.78 is 0. The molecule has 0 amide bonds. The predicted molar refractivity (Wildman–Crippen MR) is 65.0 cm³/mol. The van der Waals surface area contributed by atoms with Crippen molar-refractivity contribution in [1.82, 2.24) is 5.32 Å². The molecular weight excluding hydrogens is 218 g/mol. The Kier molecular flexibility index (Phi) is 3.25. The van der Waals surface area contributed by atoms with Crippen molar-refractivity contribution in [2.24, 2.45) is 0 Å². The average Bonchev–Trinajstić information content (AvgIpc) is 2.32. The molecule has 0 aliphatic rings. The second-order valence-corrected chi connectivity index (χ2v) is 3.78. The number of benzene rings is 2. The minimum absolute atomic E-state index is 0.122. The van der Waals surface area contributed by atoms with Crippen LogP contribution in [0.15, 0.2) is 36.4 Å². The molecule has 4 nitrogen and oxygen atoms in total. The van der Waals surface area contributed by atoms with Crippen molar-refractivity contribution in [1.29, 1.82) is 0 Å². The van der Waals surface area contributed by atoms with Crippen LogP contribution in [0, 0.1) is 0 Å². The summed E-state index contributed by atoms with van der Waals surface area (Å²) in [5.74, 6) is -0.730. The molecule has 88 valence electrons. The highest BCUT2D eigenvalue weighted by Crippen LogP contribution is 2.26. The summed E-state index contributed by atoms with van der Waals surface area (Å²) in [5, 5.41) is 23.1. The van der Waals surface area contributed by atoms with Gasteiger partial charge in [0.15, 0.2) is 0 Å². The molecule has 4 heteroatoms. The molecule has 0 spiro atoms. The van der Waals surface area contributed by atoms with E-state index in [2.05, 4.69) is 5.32 Å².